The first kappa shape index (κ1) is 19.9. The second-order valence-corrected chi connectivity index (χ2v) is 7.64. The van der Waals surface area contributed by atoms with Crippen LogP contribution < -0.4 is 10.2 Å². The molecule has 0 spiro atoms. The molecule has 4 aromatic rings. The fraction of sp³-hybridized carbons (Fsp3) is 0.125. The summed E-state index contributed by atoms with van der Waals surface area (Å²) in [4.78, 5) is 23.3. The Labute approximate surface area is 180 Å². The van der Waals surface area contributed by atoms with Crippen LogP contribution in [0.5, 0.6) is 0 Å². The summed E-state index contributed by atoms with van der Waals surface area (Å²) < 4.78 is 0. The van der Waals surface area contributed by atoms with Crippen LogP contribution >= 0.6 is 11.6 Å². The van der Waals surface area contributed by atoms with Crippen LogP contribution in [0.3, 0.4) is 0 Å². The van der Waals surface area contributed by atoms with E-state index in [0.717, 1.165) is 27.8 Å². The first-order valence-corrected chi connectivity index (χ1v) is 9.95. The minimum Gasteiger partial charge on any atom is -0.363 e. The summed E-state index contributed by atoms with van der Waals surface area (Å²) in [6, 6.07) is 23.1. The molecule has 0 aliphatic heterocycles. The normalized spacial score (nSPS) is 10.8. The monoisotopic (exact) mass is 416 g/mol. The van der Waals surface area contributed by atoms with Crippen LogP contribution in [0, 0.1) is 0 Å². The second-order valence-electron chi connectivity index (χ2n) is 7.25. The number of carbonyl (C=O) groups excluding carboxylic acids is 1. The number of fused-ring (bicyclic) bond motifs is 1. The summed E-state index contributed by atoms with van der Waals surface area (Å²) in [7, 11) is 3.82. The lowest BCUT2D eigenvalue weighted by atomic mass is 10.1. The highest BCUT2D eigenvalue weighted by Gasteiger charge is 2.09. The number of aromatic nitrogens is 2. The molecule has 1 N–H and O–H groups in total. The molecule has 0 radical (unpaired) electrons. The van der Waals surface area contributed by atoms with E-state index in [4.69, 9.17) is 11.6 Å². The minimum absolute atomic E-state index is 0.137. The molecular weight excluding hydrogens is 396 g/mol. The van der Waals surface area contributed by atoms with E-state index in [2.05, 4.69) is 15.3 Å². The topological polar surface area (TPSA) is 58.1 Å². The maximum atomic E-state index is 12.6. The Morgan fingerprint density at radius 2 is 1.67 bits per heavy atom. The fourth-order valence-electron chi connectivity index (χ4n) is 3.18. The van der Waals surface area contributed by atoms with Crippen LogP contribution in [0.4, 0.5) is 11.5 Å². The number of amides is 1. The summed E-state index contributed by atoms with van der Waals surface area (Å²) in [5, 5.41) is 5.52. The van der Waals surface area contributed by atoms with Crippen molar-refractivity contribution in [1.29, 1.82) is 0 Å². The van der Waals surface area contributed by atoms with E-state index in [1.54, 1.807) is 6.07 Å². The van der Waals surface area contributed by atoms with E-state index in [1.807, 2.05) is 85.7 Å². The molecule has 1 heterocycles. The zero-order chi connectivity index (χ0) is 21.1. The highest BCUT2D eigenvalue weighted by Crippen LogP contribution is 2.19. The first-order valence-electron chi connectivity index (χ1n) is 9.58. The number of benzene rings is 3. The Balaban J connectivity index is 1.46. The third-order valence-corrected chi connectivity index (χ3v) is 4.97. The van der Waals surface area contributed by atoms with Gasteiger partial charge in [0.2, 0.25) is 0 Å². The molecule has 4 rings (SSSR count). The summed E-state index contributed by atoms with van der Waals surface area (Å²) in [6.07, 6.45) is 0.556. The number of hydrogen-bond acceptors (Lipinski definition) is 4. The molecule has 5 nitrogen and oxygen atoms in total. The van der Waals surface area contributed by atoms with Gasteiger partial charge in [-0.15, -0.1) is 0 Å². The van der Waals surface area contributed by atoms with E-state index in [9.17, 15) is 4.79 Å². The van der Waals surface area contributed by atoms with Crippen molar-refractivity contribution in [3.05, 3.63) is 94.9 Å². The predicted molar refractivity (Wildman–Crippen MR) is 123 cm³/mol. The molecule has 6 heteroatoms. The number of rotatable bonds is 5. The van der Waals surface area contributed by atoms with E-state index >= 15 is 0 Å². The number of carbonyl (C=O) groups is 1. The van der Waals surface area contributed by atoms with Gasteiger partial charge in [0.05, 0.1) is 0 Å². The van der Waals surface area contributed by atoms with Crippen LogP contribution in [0.25, 0.3) is 10.8 Å². The molecule has 0 saturated carbocycles. The maximum absolute atomic E-state index is 12.6. The Morgan fingerprint density at radius 3 is 2.40 bits per heavy atom. The molecule has 0 atom stereocenters. The Kier molecular flexibility index (Phi) is 5.63. The Hall–Kier alpha value is -3.44. The van der Waals surface area contributed by atoms with Crippen LogP contribution in [0.2, 0.25) is 5.15 Å². The van der Waals surface area contributed by atoms with Crippen molar-refractivity contribution < 1.29 is 4.79 Å². The van der Waals surface area contributed by atoms with Gasteiger partial charge in [0.15, 0.2) is 0 Å². The quantitative estimate of drug-likeness (QED) is 0.455. The molecule has 0 aliphatic rings. The standard InChI is InChI=1S/C24H21ClN4O/c1-29(2)23-15-21(25)27-22(28-23)13-16-7-11-20(12-8-16)26-24(30)19-10-9-17-5-3-4-6-18(17)14-19/h3-12,14-15H,13H2,1-2H3,(H,26,30). The molecule has 0 unspecified atom stereocenters. The van der Waals surface area contributed by atoms with Crippen molar-refractivity contribution in [2.75, 3.05) is 24.3 Å². The third kappa shape index (κ3) is 4.58. The molecule has 1 amide bonds. The van der Waals surface area contributed by atoms with Gasteiger partial charge in [-0.1, -0.05) is 54.1 Å². The predicted octanol–water partition coefficient (Wildman–Crippen LogP) is 5.19. The fourth-order valence-corrected chi connectivity index (χ4v) is 3.38. The minimum atomic E-state index is -0.137. The number of nitrogens with one attached hydrogen (secondary N) is 1. The van der Waals surface area contributed by atoms with Gasteiger partial charge in [0.1, 0.15) is 16.8 Å². The molecule has 0 saturated heterocycles. The van der Waals surface area contributed by atoms with Gasteiger partial charge in [-0.2, -0.15) is 0 Å². The summed E-state index contributed by atoms with van der Waals surface area (Å²) in [5.74, 6) is 1.28. The van der Waals surface area contributed by atoms with Crippen LogP contribution in [0.15, 0.2) is 72.8 Å². The third-order valence-electron chi connectivity index (χ3n) is 4.77. The highest BCUT2D eigenvalue weighted by atomic mass is 35.5. The molecule has 30 heavy (non-hydrogen) atoms. The van der Waals surface area contributed by atoms with E-state index in [1.165, 1.54) is 0 Å². The van der Waals surface area contributed by atoms with Crippen LogP contribution in [-0.2, 0) is 6.42 Å². The van der Waals surface area contributed by atoms with Crippen molar-refractivity contribution in [2.45, 2.75) is 6.42 Å². The van der Waals surface area contributed by atoms with E-state index < -0.39 is 0 Å². The Morgan fingerprint density at radius 1 is 0.933 bits per heavy atom. The lowest BCUT2D eigenvalue weighted by Crippen LogP contribution is -2.13. The average molecular weight is 417 g/mol. The van der Waals surface area contributed by atoms with Crippen molar-refractivity contribution >= 4 is 39.8 Å². The molecular formula is C24H21ClN4O. The smallest absolute Gasteiger partial charge is 0.255 e. The highest BCUT2D eigenvalue weighted by molar-refractivity contribution is 6.29. The number of hydrogen-bond donors (Lipinski definition) is 1. The van der Waals surface area contributed by atoms with Crippen LogP contribution in [0.1, 0.15) is 21.7 Å². The molecule has 0 fully saturated rings. The zero-order valence-corrected chi connectivity index (χ0v) is 17.5. The van der Waals surface area contributed by atoms with Crippen molar-refractivity contribution in [3.8, 4) is 0 Å². The van der Waals surface area contributed by atoms with Crippen molar-refractivity contribution in [2.24, 2.45) is 0 Å². The average Bonchev–Trinajstić information content (AvgIpc) is 2.74. The van der Waals surface area contributed by atoms with Crippen LogP contribution in [-0.4, -0.2) is 30.0 Å². The first-order chi connectivity index (χ1) is 14.5. The van der Waals surface area contributed by atoms with Gasteiger partial charge >= 0.3 is 0 Å². The van der Waals surface area contributed by atoms with Gasteiger partial charge in [-0.05, 0) is 40.6 Å². The lowest BCUT2D eigenvalue weighted by Gasteiger charge is -2.12. The summed E-state index contributed by atoms with van der Waals surface area (Å²) in [6.45, 7) is 0. The largest absolute Gasteiger partial charge is 0.363 e. The summed E-state index contributed by atoms with van der Waals surface area (Å²) in [5.41, 5.74) is 2.39. The number of nitrogens with zero attached hydrogens (tertiary/aromatic N) is 3. The van der Waals surface area contributed by atoms with Crippen molar-refractivity contribution in [1.82, 2.24) is 9.97 Å². The van der Waals surface area contributed by atoms with E-state index in [-0.39, 0.29) is 5.91 Å². The molecule has 150 valence electrons. The van der Waals surface area contributed by atoms with Gasteiger partial charge in [-0.25, -0.2) is 9.97 Å². The van der Waals surface area contributed by atoms with E-state index in [0.29, 0.717) is 23.0 Å². The molecule has 3 aromatic carbocycles. The van der Waals surface area contributed by atoms with Gasteiger partial charge < -0.3 is 10.2 Å². The maximum Gasteiger partial charge on any atom is 0.255 e. The van der Waals surface area contributed by atoms with Gasteiger partial charge in [-0.3, -0.25) is 4.79 Å². The lowest BCUT2D eigenvalue weighted by molar-refractivity contribution is 0.102. The number of halogens is 1. The SMILES string of the molecule is CN(C)c1cc(Cl)nc(Cc2ccc(NC(=O)c3ccc4ccccc4c3)cc2)n1. The molecule has 0 aliphatic carbocycles. The Bertz CT molecular complexity index is 1210. The van der Waals surface area contributed by atoms with Crippen molar-refractivity contribution in [3.63, 3.8) is 0 Å². The molecule has 0 bridgehead atoms. The second kappa shape index (κ2) is 8.51. The summed E-state index contributed by atoms with van der Waals surface area (Å²) >= 11 is 6.11. The number of anilines is 2. The molecule has 1 aromatic heterocycles. The zero-order valence-electron chi connectivity index (χ0n) is 16.8. The van der Waals surface area contributed by atoms with Gasteiger partial charge in [0.25, 0.3) is 5.91 Å². The van der Waals surface area contributed by atoms with Gasteiger partial charge in [0, 0.05) is 37.8 Å².